The molecule has 3 aromatic heterocycles. The number of hydrogen-bond acceptors (Lipinski definition) is 6. The van der Waals surface area contributed by atoms with Crippen LogP contribution in [0.1, 0.15) is 46.7 Å². The van der Waals surface area contributed by atoms with Crippen molar-refractivity contribution in [1.82, 2.24) is 14.9 Å². The lowest BCUT2D eigenvalue weighted by Crippen LogP contribution is -2.31. The smallest absolute Gasteiger partial charge is 0.263 e. The minimum Gasteiger partial charge on any atom is -0.344 e. The standard InChI is InChI=1S/C25H25N3O2S3/c1-2-13-28-24(30)21-17-10-6-11-18(17)33-23(21)27-25(28)32-15-20(29)26-22(19-12-7-14-31-19)16-8-4-3-5-9-16/h3-5,7-9,12,14,22H,2,6,10-11,13,15H2,1H3,(H,26,29). The fourth-order valence-corrected chi connectivity index (χ4v) is 7.28. The van der Waals surface area contributed by atoms with Gasteiger partial charge in [0.1, 0.15) is 4.83 Å². The van der Waals surface area contributed by atoms with Crippen molar-refractivity contribution in [3.63, 3.8) is 0 Å². The summed E-state index contributed by atoms with van der Waals surface area (Å²) in [5.74, 6) is 0.134. The number of carbonyl (C=O) groups is 1. The van der Waals surface area contributed by atoms with Gasteiger partial charge in [-0.3, -0.25) is 14.2 Å². The van der Waals surface area contributed by atoms with Crippen LogP contribution in [0.5, 0.6) is 0 Å². The molecule has 0 aliphatic heterocycles. The Morgan fingerprint density at radius 1 is 1.21 bits per heavy atom. The topological polar surface area (TPSA) is 64.0 Å². The first-order valence-corrected chi connectivity index (χ1v) is 13.9. The average molecular weight is 496 g/mol. The second kappa shape index (κ2) is 9.83. The van der Waals surface area contributed by atoms with Gasteiger partial charge in [0.2, 0.25) is 5.91 Å². The van der Waals surface area contributed by atoms with E-state index in [9.17, 15) is 9.59 Å². The van der Waals surface area contributed by atoms with Gasteiger partial charge < -0.3 is 5.32 Å². The molecule has 0 saturated heterocycles. The highest BCUT2D eigenvalue weighted by atomic mass is 32.2. The minimum absolute atomic E-state index is 0.0462. The van der Waals surface area contributed by atoms with Gasteiger partial charge in [-0.25, -0.2) is 4.98 Å². The van der Waals surface area contributed by atoms with Crippen molar-refractivity contribution in [3.8, 4) is 0 Å². The van der Waals surface area contributed by atoms with E-state index < -0.39 is 0 Å². The normalized spacial score (nSPS) is 13.8. The van der Waals surface area contributed by atoms with Crippen molar-refractivity contribution in [2.45, 2.75) is 50.4 Å². The molecule has 170 valence electrons. The third-order valence-corrected chi connectivity index (χ3v) is 8.93. The molecule has 0 bridgehead atoms. The molecule has 1 aliphatic rings. The van der Waals surface area contributed by atoms with Gasteiger partial charge in [-0.1, -0.05) is 55.1 Å². The Hall–Kier alpha value is -2.42. The zero-order valence-electron chi connectivity index (χ0n) is 18.4. The second-order valence-corrected chi connectivity index (χ2v) is 11.1. The van der Waals surface area contributed by atoms with E-state index in [1.807, 2.05) is 47.8 Å². The lowest BCUT2D eigenvalue weighted by molar-refractivity contribution is -0.119. The molecular weight excluding hydrogens is 470 g/mol. The predicted octanol–water partition coefficient (Wildman–Crippen LogP) is 5.42. The largest absolute Gasteiger partial charge is 0.344 e. The summed E-state index contributed by atoms with van der Waals surface area (Å²) in [6.45, 7) is 2.67. The van der Waals surface area contributed by atoms with Gasteiger partial charge >= 0.3 is 0 Å². The molecule has 5 rings (SSSR count). The molecule has 1 amide bonds. The number of fused-ring (bicyclic) bond motifs is 3. The summed E-state index contributed by atoms with van der Waals surface area (Å²) in [5, 5.41) is 6.64. The SMILES string of the molecule is CCCn1c(SCC(=O)NC(c2ccccc2)c2cccs2)nc2sc3c(c2c1=O)CCC3. The Bertz CT molecular complexity index is 1330. The van der Waals surface area contributed by atoms with Crippen LogP contribution in [-0.4, -0.2) is 21.2 Å². The maximum atomic E-state index is 13.3. The number of hydrogen-bond donors (Lipinski definition) is 1. The molecule has 33 heavy (non-hydrogen) atoms. The summed E-state index contributed by atoms with van der Waals surface area (Å²) < 4.78 is 1.76. The van der Waals surface area contributed by atoms with Crippen molar-refractivity contribution in [2.75, 3.05) is 5.75 Å². The Morgan fingerprint density at radius 3 is 2.82 bits per heavy atom. The van der Waals surface area contributed by atoms with Crippen LogP contribution in [-0.2, 0) is 24.2 Å². The summed E-state index contributed by atoms with van der Waals surface area (Å²) >= 11 is 4.62. The average Bonchev–Trinajstić information content (AvgIpc) is 3.56. The Kier molecular flexibility index (Phi) is 6.66. The van der Waals surface area contributed by atoms with Crippen LogP contribution in [0.2, 0.25) is 0 Å². The van der Waals surface area contributed by atoms with Gasteiger partial charge in [0.25, 0.3) is 5.56 Å². The molecule has 1 aliphatic carbocycles. The molecule has 0 saturated carbocycles. The lowest BCUT2D eigenvalue weighted by atomic mass is 10.1. The monoisotopic (exact) mass is 495 g/mol. The van der Waals surface area contributed by atoms with E-state index in [1.165, 1.54) is 22.2 Å². The van der Waals surface area contributed by atoms with E-state index in [0.717, 1.165) is 46.3 Å². The molecule has 4 aromatic rings. The number of rotatable bonds is 8. The maximum absolute atomic E-state index is 13.3. The van der Waals surface area contributed by atoms with E-state index in [4.69, 9.17) is 4.98 Å². The van der Waals surface area contributed by atoms with Crippen LogP contribution >= 0.6 is 34.4 Å². The van der Waals surface area contributed by atoms with Crippen molar-refractivity contribution in [2.24, 2.45) is 0 Å². The summed E-state index contributed by atoms with van der Waals surface area (Å²) in [7, 11) is 0. The number of aromatic nitrogens is 2. The Morgan fingerprint density at radius 2 is 2.06 bits per heavy atom. The van der Waals surface area contributed by atoms with E-state index >= 15 is 0 Å². The van der Waals surface area contributed by atoms with Gasteiger partial charge in [0.15, 0.2) is 5.16 Å². The van der Waals surface area contributed by atoms with Crippen LogP contribution in [0.25, 0.3) is 10.2 Å². The predicted molar refractivity (Wildman–Crippen MR) is 138 cm³/mol. The molecule has 1 aromatic carbocycles. The third-order valence-electron chi connectivity index (χ3n) is 5.84. The summed E-state index contributed by atoms with van der Waals surface area (Å²) in [5.41, 5.74) is 2.30. The molecule has 0 fully saturated rings. The number of benzene rings is 1. The van der Waals surface area contributed by atoms with Crippen molar-refractivity contribution < 1.29 is 4.79 Å². The molecule has 0 spiro atoms. The van der Waals surface area contributed by atoms with Crippen LogP contribution in [0.4, 0.5) is 0 Å². The molecule has 3 heterocycles. The fourth-order valence-electron chi connectivity index (χ4n) is 4.34. The first kappa shape index (κ1) is 22.4. The number of thioether (sulfide) groups is 1. The lowest BCUT2D eigenvalue weighted by Gasteiger charge is -2.18. The summed E-state index contributed by atoms with van der Waals surface area (Å²) in [6, 6.07) is 13.9. The van der Waals surface area contributed by atoms with Gasteiger partial charge in [-0.05, 0) is 48.3 Å². The molecule has 8 heteroatoms. The quantitative estimate of drug-likeness (QED) is 0.262. The number of nitrogens with zero attached hydrogens (tertiary/aromatic N) is 2. The van der Waals surface area contributed by atoms with Gasteiger partial charge in [-0.15, -0.1) is 22.7 Å². The van der Waals surface area contributed by atoms with E-state index in [2.05, 4.69) is 12.2 Å². The zero-order valence-corrected chi connectivity index (χ0v) is 20.8. The highest BCUT2D eigenvalue weighted by Gasteiger charge is 2.24. The second-order valence-electron chi connectivity index (χ2n) is 8.10. The molecule has 1 unspecified atom stereocenters. The highest BCUT2D eigenvalue weighted by Crippen LogP contribution is 2.35. The number of carbonyl (C=O) groups excluding carboxylic acids is 1. The van der Waals surface area contributed by atoms with E-state index in [-0.39, 0.29) is 23.3 Å². The fraction of sp³-hybridized carbons (Fsp3) is 0.320. The number of aryl methyl sites for hydroxylation is 2. The van der Waals surface area contributed by atoms with Crippen molar-refractivity contribution in [3.05, 3.63) is 79.1 Å². The molecule has 1 atom stereocenters. The third kappa shape index (κ3) is 4.52. The van der Waals surface area contributed by atoms with Crippen LogP contribution in [0.15, 0.2) is 57.8 Å². The van der Waals surface area contributed by atoms with Gasteiger partial charge in [0, 0.05) is 16.3 Å². The van der Waals surface area contributed by atoms with Crippen LogP contribution in [0.3, 0.4) is 0 Å². The van der Waals surface area contributed by atoms with Gasteiger partial charge in [-0.2, -0.15) is 0 Å². The Labute approximate surface area is 204 Å². The minimum atomic E-state index is -0.187. The van der Waals surface area contributed by atoms with Crippen LogP contribution < -0.4 is 10.9 Å². The molecule has 5 nitrogen and oxygen atoms in total. The van der Waals surface area contributed by atoms with Crippen molar-refractivity contribution >= 4 is 50.6 Å². The Balaban J connectivity index is 1.38. The summed E-state index contributed by atoms with van der Waals surface area (Å²) in [4.78, 5) is 34.4. The number of amides is 1. The van der Waals surface area contributed by atoms with Crippen LogP contribution in [0, 0.1) is 0 Å². The molecule has 1 N–H and O–H groups in total. The van der Waals surface area contributed by atoms with E-state index in [1.54, 1.807) is 27.2 Å². The first-order chi connectivity index (χ1) is 16.2. The number of nitrogens with one attached hydrogen (secondary N) is 1. The molecule has 0 radical (unpaired) electrons. The summed E-state index contributed by atoms with van der Waals surface area (Å²) in [6.07, 6.45) is 3.97. The zero-order chi connectivity index (χ0) is 22.8. The number of thiophene rings is 2. The highest BCUT2D eigenvalue weighted by molar-refractivity contribution is 7.99. The maximum Gasteiger partial charge on any atom is 0.263 e. The van der Waals surface area contributed by atoms with Gasteiger partial charge in [0.05, 0.1) is 17.2 Å². The molecular formula is C25H25N3O2S3. The van der Waals surface area contributed by atoms with E-state index in [0.29, 0.717) is 11.7 Å². The van der Waals surface area contributed by atoms with Crippen molar-refractivity contribution in [1.29, 1.82) is 0 Å². The first-order valence-electron chi connectivity index (χ1n) is 11.2.